The van der Waals surface area contributed by atoms with Crippen molar-refractivity contribution < 1.29 is 9.59 Å². The molecule has 1 aliphatic heterocycles. The number of benzene rings is 1. The van der Waals surface area contributed by atoms with Gasteiger partial charge in [-0.25, -0.2) is 0 Å². The highest BCUT2D eigenvalue weighted by Gasteiger charge is 2.39. The summed E-state index contributed by atoms with van der Waals surface area (Å²) in [4.78, 5) is 32.3. The lowest BCUT2D eigenvalue weighted by atomic mass is 9.83. The third-order valence-electron chi connectivity index (χ3n) is 6.65. The molecule has 1 fully saturated rings. The fourth-order valence-corrected chi connectivity index (χ4v) is 4.64. The molecule has 1 saturated heterocycles. The van der Waals surface area contributed by atoms with E-state index in [0.29, 0.717) is 19.1 Å². The Morgan fingerprint density at radius 2 is 2.06 bits per heavy atom. The number of anilines is 1. The maximum atomic E-state index is 12.8. The number of pyridine rings is 1. The van der Waals surface area contributed by atoms with Crippen LogP contribution >= 0.6 is 0 Å². The van der Waals surface area contributed by atoms with E-state index < -0.39 is 0 Å². The number of hydrogen-bond acceptors (Lipinski definition) is 5. The molecule has 2 unspecified atom stereocenters. The molecule has 1 aromatic carbocycles. The third-order valence-corrected chi connectivity index (χ3v) is 6.65. The monoisotopic (exact) mass is 421 g/mol. The van der Waals surface area contributed by atoms with Crippen molar-refractivity contribution in [1.82, 2.24) is 20.1 Å². The summed E-state index contributed by atoms with van der Waals surface area (Å²) in [6, 6.07) is 12.6. The van der Waals surface area contributed by atoms with Crippen molar-refractivity contribution in [2.24, 2.45) is 0 Å². The molecule has 7 heteroatoms. The van der Waals surface area contributed by atoms with E-state index >= 15 is 0 Å². The summed E-state index contributed by atoms with van der Waals surface area (Å²) in [5.41, 5.74) is 4.67. The Morgan fingerprint density at radius 3 is 2.74 bits per heavy atom. The molecule has 2 N–H and O–H groups in total. The van der Waals surface area contributed by atoms with Crippen molar-refractivity contribution in [1.29, 1.82) is 0 Å². The summed E-state index contributed by atoms with van der Waals surface area (Å²) in [6.45, 7) is 5.57. The van der Waals surface area contributed by atoms with Crippen molar-refractivity contribution >= 4 is 17.5 Å². The molecule has 4 rings (SSSR count). The van der Waals surface area contributed by atoms with E-state index in [2.05, 4.69) is 53.7 Å². The van der Waals surface area contributed by atoms with Gasteiger partial charge >= 0.3 is 0 Å². The van der Waals surface area contributed by atoms with Crippen LogP contribution < -0.4 is 10.6 Å². The van der Waals surface area contributed by atoms with E-state index in [9.17, 15) is 9.59 Å². The molecule has 0 spiro atoms. The van der Waals surface area contributed by atoms with E-state index in [0.717, 1.165) is 17.8 Å². The van der Waals surface area contributed by atoms with Crippen LogP contribution in [0.4, 0.5) is 5.69 Å². The zero-order valence-corrected chi connectivity index (χ0v) is 18.7. The van der Waals surface area contributed by atoms with Gasteiger partial charge in [0.15, 0.2) is 0 Å². The SMILES string of the molecule is CN(Cc1ccc(NC2Cc3ccccc3C2(C)C)cn1)C(=O)C1CNC(=O)CN1C. The van der Waals surface area contributed by atoms with Gasteiger partial charge in [-0.1, -0.05) is 38.1 Å². The Kier molecular flexibility index (Phi) is 5.71. The summed E-state index contributed by atoms with van der Waals surface area (Å²) in [7, 11) is 3.58. The summed E-state index contributed by atoms with van der Waals surface area (Å²) >= 11 is 0. The third kappa shape index (κ3) is 4.28. The Hall–Kier alpha value is -2.93. The van der Waals surface area contributed by atoms with Crippen molar-refractivity contribution in [2.45, 2.75) is 44.3 Å². The maximum Gasteiger partial charge on any atom is 0.241 e. The Balaban J connectivity index is 1.37. The highest BCUT2D eigenvalue weighted by Crippen LogP contribution is 2.39. The van der Waals surface area contributed by atoms with Gasteiger partial charge in [0.05, 0.1) is 30.7 Å². The normalized spacial score (nSPS) is 22.5. The highest BCUT2D eigenvalue weighted by atomic mass is 16.2. The maximum absolute atomic E-state index is 12.8. The first kappa shape index (κ1) is 21.3. The first-order chi connectivity index (χ1) is 14.8. The van der Waals surface area contributed by atoms with Gasteiger partial charge in [-0.15, -0.1) is 0 Å². The minimum absolute atomic E-state index is 0.0167. The minimum atomic E-state index is -0.338. The minimum Gasteiger partial charge on any atom is -0.380 e. The first-order valence-corrected chi connectivity index (χ1v) is 10.8. The van der Waals surface area contributed by atoms with Gasteiger partial charge in [-0.05, 0) is 36.7 Å². The summed E-state index contributed by atoms with van der Waals surface area (Å²) in [5.74, 6) is -0.0653. The highest BCUT2D eigenvalue weighted by molar-refractivity contribution is 5.86. The average Bonchev–Trinajstić information content (AvgIpc) is 2.99. The van der Waals surface area contributed by atoms with Gasteiger partial charge < -0.3 is 15.5 Å². The van der Waals surface area contributed by atoms with Crippen LogP contribution in [0.25, 0.3) is 0 Å². The predicted molar refractivity (Wildman–Crippen MR) is 121 cm³/mol. The molecular formula is C24H31N5O2. The lowest BCUT2D eigenvalue weighted by Crippen LogP contribution is -2.58. The second kappa shape index (κ2) is 8.30. The molecule has 2 heterocycles. The lowest BCUT2D eigenvalue weighted by Gasteiger charge is -2.33. The van der Waals surface area contributed by atoms with Gasteiger partial charge in [0.1, 0.15) is 6.04 Å². The van der Waals surface area contributed by atoms with Crippen LogP contribution in [0.2, 0.25) is 0 Å². The molecule has 0 saturated carbocycles. The number of carbonyl (C=O) groups excluding carboxylic acids is 2. The number of hydrogen-bond donors (Lipinski definition) is 2. The topological polar surface area (TPSA) is 77.6 Å². The zero-order chi connectivity index (χ0) is 22.2. The number of aromatic nitrogens is 1. The molecule has 1 aromatic heterocycles. The number of fused-ring (bicyclic) bond motifs is 1. The van der Waals surface area contributed by atoms with Crippen LogP contribution in [0.5, 0.6) is 0 Å². The molecule has 0 bridgehead atoms. The summed E-state index contributed by atoms with van der Waals surface area (Å²) < 4.78 is 0. The predicted octanol–water partition coefficient (Wildman–Crippen LogP) is 1.78. The molecule has 31 heavy (non-hydrogen) atoms. The molecule has 0 radical (unpaired) electrons. The molecular weight excluding hydrogens is 390 g/mol. The van der Waals surface area contributed by atoms with E-state index in [-0.39, 0.29) is 29.8 Å². The van der Waals surface area contributed by atoms with Crippen LogP contribution in [0.15, 0.2) is 42.6 Å². The van der Waals surface area contributed by atoms with Crippen molar-refractivity contribution in [3.8, 4) is 0 Å². The second-order valence-electron chi connectivity index (χ2n) is 9.25. The standard InChI is InChI=1S/C24H31N5O2/c1-24(2)19-8-6-5-7-16(19)11-21(24)27-17-9-10-18(25-12-17)14-29(4)23(31)20-13-26-22(30)15-28(20)3/h5-10,12,20-21,27H,11,13-15H2,1-4H3,(H,26,30). The fourth-order valence-electron chi connectivity index (χ4n) is 4.64. The van der Waals surface area contributed by atoms with Gasteiger partial charge in [-0.3, -0.25) is 19.5 Å². The van der Waals surface area contributed by atoms with E-state index in [1.165, 1.54) is 11.1 Å². The largest absolute Gasteiger partial charge is 0.380 e. The van der Waals surface area contributed by atoms with Crippen LogP contribution in [0, 0.1) is 0 Å². The van der Waals surface area contributed by atoms with Crippen molar-refractivity contribution in [3.05, 3.63) is 59.4 Å². The number of likely N-dealkylation sites (N-methyl/N-ethyl adjacent to an activating group) is 2. The number of piperazine rings is 1. The molecule has 2 aromatic rings. The Morgan fingerprint density at radius 1 is 1.29 bits per heavy atom. The van der Waals surface area contributed by atoms with E-state index in [1.807, 2.05) is 18.3 Å². The van der Waals surface area contributed by atoms with E-state index in [4.69, 9.17) is 0 Å². The van der Waals surface area contributed by atoms with E-state index in [1.54, 1.807) is 23.9 Å². The molecule has 2 atom stereocenters. The van der Waals surface area contributed by atoms with Crippen molar-refractivity contribution in [2.75, 3.05) is 32.5 Å². The van der Waals surface area contributed by atoms with Gasteiger partial charge in [0.2, 0.25) is 11.8 Å². The quantitative estimate of drug-likeness (QED) is 0.770. The molecule has 1 aliphatic carbocycles. The van der Waals surface area contributed by atoms with Crippen LogP contribution in [-0.2, 0) is 28.0 Å². The number of nitrogens with one attached hydrogen (secondary N) is 2. The van der Waals surface area contributed by atoms with Crippen molar-refractivity contribution in [3.63, 3.8) is 0 Å². The Bertz CT molecular complexity index is 972. The number of nitrogens with zero attached hydrogens (tertiary/aromatic N) is 3. The lowest BCUT2D eigenvalue weighted by molar-refractivity contribution is -0.139. The average molecular weight is 422 g/mol. The second-order valence-corrected chi connectivity index (χ2v) is 9.25. The number of carbonyl (C=O) groups is 2. The number of rotatable bonds is 5. The molecule has 164 valence electrons. The number of amides is 2. The summed E-state index contributed by atoms with van der Waals surface area (Å²) in [6.07, 6.45) is 2.84. The van der Waals surface area contributed by atoms with Gasteiger partial charge in [0, 0.05) is 25.0 Å². The molecule has 2 aliphatic rings. The smallest absolute Gasteiger partial charge is 0.241 e. The summed E-state index contributed by atoms with van der Waals surface area (Å²) in [5, 5.41) is 6.42. The fraction of sp³-hybridized carbons (Fsp3) is 0.458. The van der Waals surface area contributed by atoms with Gasteiger partial charge in [-0.2, -0.15) is 0 Å². The van der Waals surface area contributed by atoms with Crippen LogP contribution in [-0.4, -0.2) is 65.9 Å². The zero-order valence-electron chi connectivity index (χ0n) is 18.7. The Labute approximate surface area is 183 Å². The first-order valence-electron chi connectivity index (χ1n) is 10.8. The molecule has 2 amide bonds. The molecule has 7 nitrogen and oxygen atoms in total. The van der Waals surface area contributed by atoms with Crippen LogP contribution in [0.3, 0.4) is 0 Å². The van der Waals surface area contributed by atoms with Crippen LogP contribution in [0.1, 0.15) is 30.7 Å². The van der Waals surface area contributed by atoms with Gasteiger partial charge in [0.25, 0.3) is 0 Å².